The van der Waals surface area contributed by atoms with Gasteiger partial charge in [0.15, 0.2) is 0 Å². The maximum Gasteiger partial charge on any atom is 0.0857 e. The summed E-state index contributed by atoms with van der Waals surface area (Å²) in [5.74, 6) is 0. The molecule has 2 aromatic rings. The summed E-state index contributed by atoms with van der Waals surface area (Å²) in [7, 11) is 0. The molecule has 0 spiro atoms. The normalized spacial score (nSPS) is 10.9. The van der Waals surface area contributed by atoms with E-state index in [1.165, 1.54) is 18.4 Å². The van der Waals surface area contributed by atoms with E-state index in [-0.39, 0.29) is 0 Å². The van der Waals surface area contributed by atoms with Crippen molar-refractivity contribution in [2.24, 2.45) is 10.2 Å². The predicted molar refractivity (Wildman–Crippen MR) is 75.7 cm³/mol. The number of hydrogen-bond acceptors (Lipinski definition) is 2. The van der Waals surface area contributed by atoms with Crippen molar-refractivity contribution in [2.75, 3.05) is 0 Å². The van der Waals surface area contributed by atoms with Gasteiger partial charge in [-0.2, -0.15) is 10.2 Å². The second kappa shape index (κ2) is 6.70. The Balaban J connectivity index is 2.00. The van der Waals surface area contributed by atoms with Gasteiger partial charge in [0, 0.05) is 0 Å². The molecule has 0 fully saturated rings. The highest BCUT2D eigenvalue weighted by Crippen LogP contribution is 2.18. The summed E-state index contributed by atoms with van der Waals surface area (Å²) in [5.41, 5.74) is 3.15. The van der Waals surface area contributed by atoms with Crippen molar-refractivity contribution >= 4 is 11.4 Å². The Bertz CT molecular complexity index is 486. The number of aryl methyl sites for hydroxylation is 1. The number of nitrogens with zero attached hydrogens (tertiary/aromatic N) is 2. The van der Waals surface area contributed by atoms with Crippen LogP contribution in [0.3, 0.4) is 0 Å². The Hall–Kier alpha value is -1.96. The Morgan fingerprint density at radius 2 is 1.39 bits per heavy atom. The molecule has 0 aliphatic carbocycles. The van der Waals surface area contributed by atoms with Crippen molar-refractivity contribution in [3.63, 3.8) is 0 Å². The largest absolute Gasteiger partial charge is 0.151 e. The van der Waals surface area contributed by atoms with Gasteiger partial charge in [0.05, 0.1) is 11.4 Å². The minimum Gasteiger partial charge on any atom is -0.151 e. The zero-order valence-electron chi connectivity index (χ0n) is 10.7. The highest BCUT2D eigenvalue weighted by Gasteiger charge is 1.93. The summed E-state index contributed by atoms with van der Waals surface area (Å²) in [4.78, 5) is 0. The lowest BCUT2D eigenvalue weighted by atomic mass is 10.1. The van der Waals surface area contributed by atoms with E-state index in [0.29, 0.717) is 0 Å². The highest BCUT2D eigenvalue weighted by atomic mass is 15.1. The summed E-state index contributed by atoms with van der Waals surface area (Å²) in [5, 5.41) is 8.42. The lowest BCUT2D eigenvalue weighted by Gasteiger charge is -1.99. The molecular formula is C16H18N2. The third kappa shape index (κ3) is 3.81. The van der Waals surface area contributed by atoms with Gasteiger partial charge in [0.2, 0.25) is 0 Å². The molecule has 2 rings (SSSR count). The minimum atomic E-state index is 0.882. The van der Waals surface area contributed by atoms with Crippen molar-refractivity contribution in [1.29, 1.82) is 0 Å². The average molecular weight is 238 g/mol. The number of rotatable bonds is 5. The number of hydrogen-bond donors (Lipinski definition) is 0. The topological polar surface area (TPSA) is 24.7 Å². The molecular weight excluding hydrogens is 220 g/mol. The molecule has 0 saturated heterocycles. The molecule has 0 saturated carbocycles. The molecule has 0 atom stereocenters. The minimum absolute atomic E-state index is 0.882. The van der Waals surface area contributed by atoms with Gasteiger partial charge in [-0.15, -0.1) is 0 Å². The van der Waals surface area contributed by atoms with E-state index in [1.807, 2.05) is 42.5 Å². The van der Waals surface area contributed by atoms with Gasteiger partial charge in [-0.25, -0.2) is 0 Å². The summed E-state index contributed by atoms with van der Waals surface area (Å²) in [6.45, 7) is 2.21. The Morgan fingerprint density at radius 1 is 0.778 bits per heavy atom. The van der Waals surface area contributed by atoms with Crippen molar-refractivity contribution in [3.8, 4) is 0 Å². The van der Waals surface area contributed by atoms with Crippen LogP contribution in [-0.4, -0.2) is 0 Å². The first-order valence-corrected chi connectivity index (χ1v) is 6.44. The summed E-state index contributed by atoms with van der Waals surface area (Å²) >= 11 is 0. The number of unbranched alkanes of at least 4 members (excludes halogenated alkanes) is 1. The maximum absolute atomic E-state index is 4.22. The molecule has 0 aliphatic heterocycles. The summed E-state index contributed by atoms with van der Waals surface area (Å²) in [6, 6.07) is 18.1. The van der Waals surface area contributed by atoms with E-state index >= 15 is 0 Å². The van der Waals surface area contributed by atoms with E-state index < -0.39 is 0 Å². The molecule has 2 nitrogen and oxygen atoms in total. The molecule has 92 valence electrons. The molecule has 0 aliphatic rings. The van der Waals surface area contributed by atoms with Crippen LogP contribution in [0.15, 0.2) is 64.8 Å². The van der Waals surface area contributed by atoms with Crippen molar-refractivity contribution in [3.05, 3.63) is 60.2 Å². The fourth-order valence-electron chi connectivity index (χ4n) is 1.72. The first kappa shape index (κ1) is 12.5. The van der Waals surface area contributed by atoms with Gasteiger partial charge < -0.3 is 0 Å². The monoisotopic (exact) mass is 238 g/mol. The molecule has 0 bridgehead atoms. The number of benzene rings is 2. The van der Waals surface area contributed by atoms with Crippen LogP contribution in [0.1, 0.15) is 25.3 Å². The highest BCUT2D eigenvalue weighted by molar-refractivity contribution is 5.40. The molecule has 0 N–H and O–H groups in total. The van der Waals surface area contributed by atoms with Crippen LogP contribution in [-0.2, 0) is 6.42 Å². The molecule has 0 amide bonds. The Labute approximate surface area is 108 Å². The molecule has 0 unspecified atom stereocenters. The maximum atomic E-state index is 4.22. The summed E-state index contributed by atoms with van der Waals surface area (Å²) in [6.07, 6.45) is 3.62. The first-order chi connectivity index (χ1) is 8.88. The van der Waals surface area contributed by atoms with E-state index in [1.54, 1.807) is 0 Å². The van der Waals surface area contributed by atoms with Gasteiger partial charge >= 0.3 is 0 Å². The van der Waals surface area contributed by atoms with Crippen LogP contribution in [0, 0.1) is 0 Å². The van der Waals surface area contributed by atoms with Crippen molar-refractivity contribution in [2.45, 2.75) is 26.2 Å². The zero-order valence-corrected chi connectivity index (χ0v) is 10.7. The quantitative estimate of drug-likeness (QED) is 0.619. The standard InChI is InChI=1S/C16H18N2/c1-2-3-7-14-10-12-16(13-11-14)18-17-15-8-5-4-6-9-15/h4-6,8-13H,2-3,7H2,1H3. The van der Waals surface area contributed by atoms with E-state index in [9.17, 15) is 0 Å². The van der Waals surface area contributed by atoms with Gasteiger partial charge in [0.25, 0.3) is 0 Å². The number of azo groups is 1. The fraction of sp³-hybridized carbons (Fsp3) is 0.250. The average Bonchev–Trinajstić information content (AvgIpc) is 2.45. The van der Waals surface area contributed by atoms with E-state index in [4.69, 9.17) is 0 Å². The molecule has 0 aromatic heterocycles. The van der Waals surface area contributed by atoms with Gasteiger partial charge in [-0.05, 0) is 42.7 Å². The molecule has 18 heavy (non-hydrogen) atoms. The third-order valence-electron chi connectivity index (χ3n) is 2.79. The second-order valence-corrected chi connectivity index (χ2v) is 4.31. The van der Waals surface area contributed by atoms with Crippen LogP contribution in [0.2, 0.25) is 0 Å². The predicted octanol–water partition coefficient (Wildman–Crippen LogP) is 5.44. The fourth-order valence-corrected chi connectivity index (χ4v) is 1.72. The summed E-state index contributed by atoms with van der Waals surface area (Å²) < 4.78 is 0. The van der Waals surface area contributed by atoms with Crippen LogP contribution < -0.4 is 0 Å². The van der Waals surface area contributed by atoms with Crippen LogP contribution >= 0.6 is 0 Å². The molecule has 2 heteroatoms. The van der Waals surface area contributed by atoms with Crippen molar-refractivity contribution < 1.29 is 0 Å². The first-order valence-electron chi connectivity index (χ1n) is 6.44. The van der Waals surface area contributed by atoms with Gasteiger partial charge in [-0.1, -0.05) is 43.7 Å². The molecule has 0 heterocycles. The molecule has 0 radical (unpaired) electrons. The smallest absolute Gasteiger partial charge is 0.0857 e. The Morgan fingerprint density at radius 3 is 2.00 bits per heavy atom. The van der Waals surface area contributed by atoms with E-state index in [0.717, 1.165) is 17.8 Å². The third-order valence-corrected chi connectivity index (χ3v) is 2.79. The van der Waals surface area contributed by atoms with E-state index in [2.05, 4.69) is 29.3 Å². The SMILES string of the molecule is CCCCc1ccc(N=Nc2ccccc2)cc1. The van der Waals surface area contributed by atoms with Crippen LogP contribution in [0.25, 0.3) is 0 Å². The van der Waals surface area contributed by atoms with Gasteiger partial charge in [-0.3, -0.25) is 0 Å². The van der Waals surface area contributed by atoms with Gasteiger partial charge in [0.1, 0.15) is 0 Å². The van der Waals surface area contributed by atoms with Crippen LogP contribution in [0.4, 0.5) is 11.4 Å². The lowest BCUT2D eigenvalue weighted by molar-refractivity contribution is 0.795. The van der Waals surface area contributed by atoms with Crippen LogP contribution in [0.5, 0.6) is 0 Å². The molecule has 2 aromatic carbocycles. The lowest BCUT2D eigenvalue weighted by Crippen LogP contribution is -1.82. The second-order valence-electron chi connectivity index (χ2n) is 4.31. The Kier molecular flexibility index (Phi) is 4.65. The zero-order chi connectivity index (χ0) is 12.6. The van der Waals surface area contributed by atoms with Crippen molar-refractivity contribution in [1.82, 2.24) is 0 Å².